The van der Waals surface area contributed by atoms with Crippen LogP contribution >= 0.6 is 23.2 Å². The van der Waals surface area contributed by atoms with Crippen molar-refractivity contribution in [2.24, 2.45) is 0 Å². The lowest BCUT2D eigenvalue weighted by atomic mass is 10.3. The third kappa shape index (κ3) is 3.12. The van der Waals surface area contributed by atoms with E-state index < -0.39 is 0 Å². The van der Waals surface area contributed by atoms with Gasteiger partial charge >= 0.3 is 0 Å². The molecule has 1 aromatic heterocycles. The third-order valence-electron chi connectivity index (χ3n) is 2.49. The Morgan fingerprint density at radius 1 is 1.29 bits per heavy atom. The van der Waals surface area contributed by atoms with E-state index >= 15 is 0 Å². The summed E-state index contributed by atoms with van der Waals surface area (Å²) in [7, 11) is 0. The highest BCUT2D eigenvalue weighted by atomic mass is 35.5. The lowest BCUT2D eigenvalue weighted by Crippen LogP contribution is -2.25. The Hall–Kier alpha value is -0.770. The predicted octanol–water partition coefficient (Wildman–Crippen LogP) is 3.41. The average molecular weight is 272 g/mol. The van der Waals surface area contributed by atoms with Crippen LogP contribution in [-0.4, -0.2) is 22.6 Å². The SMILES string of the molecule is CC(C)NCCc1nc2cc(Cl)c(Cl)cc2[nH]1. The molecular weight excluding hydrogens is 257 g/mol. The zero-order valence-corrected chi connectivity index (χ0v) is 11.4. The van der Waals surface area contributed by atoms with Gasteiger partial charge in [-0.05, 0) is 12.1 Å². The van der Waals surface area contributed by atoms with E-state index in [4.69, 9.17) is 23.2 Å². The zero-order chi connectivity index (χ0) is 12.4. The molecule has 5 heteroatoms. The van der Waals surface area contributed by atoms with Crippen LogP contribution < -0.4 is 5.32 Å². The van der Waals surface area contributed by atoms with Crippen LogP contribution in [0.3, 0.4) is 0 Å². The summed E-state index contributed by atoms with van der Waals surface area (Å²) in [5, 5.41) is 4.44. The maximum absolute atomic E-state index is 5.95. The van der Waals surface area contributed by atoms with Crippen molar-refractivity contribution in [3.8, 4) is 0 Å². The summed E-state index contributed by atoms with van der Waals surface area (Å²) < 4.78 is 0. The lowest BCUT2D eigenvalue weighted by Gasteiger charge is -2.05. The zero-order valence-electron chi connectivity index (χ0n) is 9.85. The first kappa shape index (κ1) is 12.7. The highest BCUT2D eigenvalue weighted by Gasteiger charge is 2.06. The molecule has 17 heavy (non-hydrogen) atoms. The minimum atomic E-state index is 0.489. The fraction of sp³-hybridized carbons (Fsp3) is 0.417. The van der Waals surface area contributed by atoms with Crippen molar-refractivity contribution in [3.63, 3.8) is 0 Å². The highest BCUT2D eigenvalue weighted by molar-refractivity contribution is 6.42. The second-order valence-corrected chi connectivity index (χ2v) is 5.14. The molecule has 0 unspecified atom stereocenters. The van der Waals surface area contributed by atoms with E-state index in [9.17, 15) is 0 Å². The number of aromatic amines is 1. The van der Waals surface area contributed by atoms with E-state index in [0.29, 0.717) is 16.1 Å². The van der Waals surface area contributed by atoms with Gasteiger partial charge in [-0.3, -0.25) is 0 Å². The smallest absolute Gasteiger partial charge is 0.108 e. The van der Waals surface area contributed by atoms with E-state index in [1.165, 1.54) is 0 Å². The van der Waals surface area contributed by atoms with Crippen LogP contribution in [0.15, 0.2) is 12.1 Å². The predicted molar refractivity (Wildman–Crippen MR) is 73.0 cm³/mol. The molecule has 2 aromatic rings. The minimum Gasteiger partial charge on any atom is -0.342 e. The summed E-state index contributed by atoms with van der Waals surface area (Å²) in [6.07, 6.45) is 0.863. The van der Waals surface area contributed by atoms with Crippen molar-refractivity contribution in [2.75, 3.05) is 6.54 Å². The first-order valence-electron chi connectivity index (χ1n) is 5.63. The molecule has 0 saturated carbocycles. The monoisotopic (exact) mass is 271 g/mol. The minimum absolute atomic E-state index is 0.489. The van der Waals surface area contributed by atoms with Gasteiger partial charge in [-0.25, -0.2) is 4.98 Å². The summed E-state index contributed by atoms with van der Waals surface area (Å²) in [5.74, 6) is 0.950. The number of hydrogen-bond acceptors (Lipinski definition) is 2. The van der Waals surface area contributed by atoms with Gasteiger partial charge in [0.05, 0.1) is 21.1 Å². The Balaban J connectivity index is 2.14. The number of fused-ring (bicyclic) bond motifs is 1. The molecule has 1 heterocycles. The van der Waals surface area contributed by atoms with Crippen LogP contribution in [0.1, 0.15) is 19.7 Å². The second-order valence-electron chi connectivity index (χ2n) is 4.33. The molecule has 2 N–H and O–H groups in total. The number of hydrogen-bond donors (Lipinski definition) is 2. The Morgan fingerprint density at radius 2 is 2.00 bits per heavy atom. The van der Waals surface area contributed by atoms with E-state index in [2.05, 4.69) is 29.1 Å². The van der Waals surface area contributed by atoms with Crippen LogP contribution in [0, 0.1) is 0 Å². The summed E-state index contributed by atoms with van der Waals surface area (Å²) in [6.45, 7) is 5.15. The summed E-state index contributed by atoms with van der Waals surface area (Å²) in [6, 6.07) is 4.09. The van der Waals surface area contributed by atoms with E-state index in [0.717, 1.165) is 29.8 Å². The maximum atomic E-state index is 5.95. The van der Waals surface area contributed by atoms with Gasteiger partial charge < -0.3 is 10.3 Å². The van der Waals surface area contributed by atoms with Gasteiger partial charge in [0.25, 0.3) is 0 Å². The normalized spacial score (nSPS) is 11.6. The number of halogens is 2. The molecule has 0 bridgehead atoms. The van der Waals surface area contributed by atoms with Crippen molar-refractivity contribution >= 4 is 34.2 Å². The van der Waals surface area contributed by atoms with Gasteiger partial charge in [0, 0.05) is 19.0 Å². The van der Waals surface area contributed by atoms with Crippen molar-refractivity contribution in [2.45, 2.75) is 26.3 Å². The van der Waals surface area contributed by atoms with E-state index in [1.807, 2.05) is 6.07 Å². The standard InChI is InChI=1S/C12H15Cl2N3/c1-7(2)15-4-3-12-16-10-5-8(13)9(14)6-11(10)17-12/h5-7,15H,3-4H2,1-2H3,(H,16,17). The highest BCUT2D eigenvalue weighted by Crippen LogP contribution is 2.26. The van der Waals surface area contributed by atoms with Crippen molar-refractivity contribution in [1.29, 1.82) is 0 Å². The van der Waals surface area contributed by atoms with Crippen molar-refractivity contribution in [1.82, 2.24) is 15.3 Å². The second kappa shape index (κ2) is 5.25. The van der Waals surface area contributed by atoms with Gasteiger partial charge in [-0.15, -0.1) is 0 Å². The molecule has 0 radical (unpaired) electrons. The van der Waals surface area contributed by atoms with Crippen LogP contribution in [0.25, 0.3) is 11.0 Å². The summed E-state index contributed by atoms with van der Waals surface area (Å²) in [5.41, 5.74) is 1.79. The number of nitrogens with zero attached hydrogens (tertiary/aromatic N) is 1. The van der Waals surface area contributed by atoms with Gasteiger partial charge in [-0.2, -0.15) is 0 Å². The van der Waals surface area contributed by atoms with E-state index in [-0.39, 0.29) is 0 Å². The number of H-pyrrole nitrogens is 1. The molecule has 2 rings (SSSR count). The van der Waals surface area contributed by atoms with Gasteiger partial charge in [0.1, 0.15) is 5.82 Å². The van der Waals surface area contributed by atoms with Crippen molar-refractivity contribution < 1.29 is 0 Å². The molecule has 0 fully saturated rings. The molecule has 92 valence electrons. The maximum Gasteiger partial charge on any atom is 0.108 e. The van der Waals surface area contributed by atoms with Gasteiger partial charge in [0.2, 0.25) is 0 Å². The molecule has 0 saturated heterocycles. The molecule has 0 atom stereocenters. The first-order chi connectivity index (χ1) is 8.06. The molecule has 0 amide bonds. The molecular formula is C12H15Cl2N3. The van der Waals surface area contributed by atoms with Crippen LogP contribution in [0.2, 0.25) is 10.0 Å². The first-order valence-corrected chi connectivity index (χ1v) is 6.39. The number of rotatable bonds is 4. The quantitative estimate of drug-likeness (QED) is 0.895. The number of nitrogens with one attached hydrogen (secondary N) is 2. The number of benzene rings is 1. The molecule has 0 aliphatic heterocycles. The summed E-state index contributed by atoms with van der Waals surface area (Å²) >= 11 is 11.9. The Morgan fingerprint density at radius 3 is 2.71 bits per heavy atom. The largest absolute Gasteiger partial charge is 0.342 e. The number of imidazole rings is 1. The average Bonchev–Trinajstić information content (AvgIpc) is 2.60. The van der Waals surface area contributed by atoms with Crippen LogP contribution in [0.4, 0.5) is 0 Å². The molecule has 0 aliphatic rings. The van der Waals surface area contributed by atoms with Gasteiger partial charge in [0.15, 0.2) is 0 Å². The summed E-state index contributed by atoms with van der Waals surface area (Å²) in [4.78, 5) is 7.72. The molecule has 3 nitrogen and oxygen atoms in total. The van der Waals surface area contributed by atoms with Crippen molar-refractivity contribution in [3.05, 3.63) is 28.0 Å². The van der Waals surface area contributed by atoms with Gasteiger partial charge in [-0.1, -0.05) is 37.0 Å². The Bertz CT molecular complexity index is 481. The van der Waals surface area contributed by atoms with E-state index in [1.54, 1.807) is 6.07 Å². The molecule has 1 aromatic carbocycles. The topological polar surface area (TPSA) is 40.7 Å². The fourth-order valence-corrected chi connectivity index (χ4v) is 1.98. The fourth-order valence-electron chi connectivity index (χ4n) is 1.66. The Labute approximate surface area is 111 Å². The van der Waals surface area contributed by atoms with Crippen LogP contribution in [0.5, 0.6) is 0 Å². The third-order valence-corrected chi connectivity index (χ3v) is 3.21. The molecule has 0 aliphatic carbocycles. The Kier molecular flexibility index (Phi) is 3.92. The van der Waals surface area contributed by atoms with Crippen LogP contribution in [-0.2, 0) is 6.42 Å². The number of aromatic nitrogens is 2. The lowest BCUT2D eigenvalue weighted by molar-refractivity contribution is 0.585. The molecule has 0 spiro atoms.